The fourth-order valence-corrected chi connectivity index (χ4v) is 3.04. The first-order valence-corrected chi connectivity index (χ1v) is 8.45. The van der Waals surface area contributed by atoms with Crippen molar-refractivity contribution in [1.29, 1.82) is 0 Å². The maximum Gasteiger partial charge on any atom is 0.494 e. The zero-order chi connectivity index (χ0) is 17.8. The Morgan fingerprint density at radius 3 is 2.08 bits per heavy atom. The second-order valence-corrected chi connectivity index (χ2v) is 8.10. The van der Waals surface area contributed by atoms with E-state index in [0.29, 0.717) is 18.5 Å². The molecule has 130 valence electrons. The number of rotatable bonds is 2. The second-order valence-electron chi connectivity index (χ2n) is 8.10. The van der Waals surface area contributed by atoms with E-state index in [1.807, 2.05) is 39.8 Å². The van der Waals surface area contributed by atoms with E-state index in [9.17, 15) is 9.18 Å². The molecule has 24 heavy (non-hydrogen) atoms. The molecule has 0 spiro atoms. The molecule has 2 aliphatic rings. The zero-order valence-electron chi connectivity index (χ0n) is 15.1. The summed E-state index contributed by atoms with van der Waals surface area (Å²) in [7, 11) is -0.444. The Morgan fingerprint density at radius 2 is 1.62 bits per heavy atom. The predicted molar refractivity (Wildman–Crippen MR) is 92.2 cm³/mol. The number of likely N-dealkylation sites (tertiary alicyclic amines) is 1. The van der Waals surface area contributed by atoms with Crippen molar-refractivity contribution in [2.75, 3.05) is 13.1 Å². The Morgan fingerprint density at radius 1 is 1.08 bits per heavy atom. The molecule has 1 aromatic carbocycles. The SMILES string of the molecule is CC1(F)CCN(C(=O)c2ccc(B3OC(C)(C)C(C)(C)O3)cc2)C1. The van der Waals surface area contributed by atoms with Crippen LogP contribution in [0.15, 0.2) is 24.3 Å². The smallest absolute Gasteiger partial charge is 0.399 e. The Bertz CT molecular complexity index is 626. The predicted octanol–water partition coefficient (Wildman–Crippen LogP) is 2.56. The van der Waals surface area contributed by atoms with Gasteiger partial charge in [0.05, 0.1) is 17.7 Å². The third-order valence-electron chi connectivity index (χ3n) is 5.39. The van der Waals surface area contributed by atoms with E-state index in [1.54, 1.807) is 24.0 Å². The quantitative estimate of drug-likeness (QED) is 0.781. The number of alkyl halides is 1. The molecule has 6 heteroatoms. The minimum atomic E-state index is -1.28. The van der Waals surface area contributed by atoms with Gasteiger partial charge in [-0.15, -0.1) is 0 Å². The Kier molecular flexibility index (Phi) is 4.04. The molecule has 2 heterocycles. The van der Waals surface area contributed by atoms with Gasteiger partial charge in [0.1, 0.15) is 5.67 Å². The van der Waals surface area contributed by atoms with Gasteiger partial charge in [0, 0.05) is 18.5 Å². The highest BCUT2D eigenvalue weighted by Crippen LogP contribution is 2.36. The molecule has 3 rings (SSSR count). The van der Waals surface area contributed by atoms with E-state index < -0.39 is 24.0 Å². The highest BCUT2D eigenvalue weighted by Gasteiger charge is 2.51. The number of carbonyl (C=O) groups is 1. The maximum absolute atomic E-state index is 13.9. The molecule has 1 amide bonds. The molecule has 2 saturated heterocycles. The summed E-state index contributed by atoms with van der Waals surface area (Å²) >= 11 is 0. The van der Waals surface area contributed by atoms with Crippen LogP contribution in [-0.4, -0.2) is 47.9 Å². The van der Waals surface area contributed by atoms with Gasteiger partial charge in [-0.25, -0.2) is 4.39 Å². The van der Waals surface area contributed by atoms with Crippen molar-refractivity contribution in [1.82, 2.24) is 4.90 Å². The molecular weight excluding hydrogens is 308 g/mol. The van der Waals surface area contributed by atoms with Crippen LogP contribution in [-0.2, 0) is 9.31 Å². The molecule has 2 fully saturated rings. The summed E-state index contributed by atoms with van der Waals surface area (Å²) in [5, 5.41) is 0. The summed E-state index contributed by atoms with van der Waals surface area (Å²) in [6.07, 6.45) is 0.394. The van der Waals surface area contributed by atoms with Crippen LogP contribution >= 0.6 is 0 Å². The van der Waals surface area contributed by atoms with Crippen LogP contribution in [0.3, 0.4) is 0 Å². The van der Waals surface area contributed by atoms with Crippen molar-refractivity contribution in [3.63, 3.8) is 0 Å². The lowest BCUT2D eigenvalue weighted by Gasteiger charge is -2.32. The highest BCUT2D eigenvalue weighted by atomic mass is 19.1. The van der Waals surface area contributed by atoms with Crippen LogP contribution in [0.2, 0.25) is 0 Å². The number of nitrogens with zero attached hydrogens (tertiary/aromatic N) is 1. The molecule has 0 radical (unpaired) electrons. The Hall–Kier alpha value is -1.40. The van der Waals surface area contributed by atoms with Crippen LogP contribution in [0.25, 0.3) is 0 Å². The van der Waals surface area contributed by atoms with Crippen molar-refractivity contribution >= 4 is 18.5 Å². The molecule has 2 aliphatic heterocycles. The van der Waals surface area contributed by atoms with E-state index >= 15 is 0 Å². The minimum absolute atomic E-state index is 0.128. The molecular formula is C18H25BFNO3. The third-order valence-corrected chi connectivity index (χ3v) is 5.39. The minimum Gasteiger partial charge on any atom is -0.399 e. The summed E-state index contributed by atoms with van der Waals surface area (Å²) in [6, 6.07) is 7.22. The van der Waals surface area contributed by atoms with E-state index in [-0.39, 0.29) is 12.5 Å². The normalized spacial score (nSPS) is 28.4. The fraction of sp³-hybridized carbons (Fsp3) is 0.611. The largest absolute Gasteiger partial charge is 0.494 e. The van der Waals surface area contributed by atoms with Crippen LogP contribution in [0.4, 0.5) is 4.39 Å². The summed E-state index contributed by atoms with van der Waals surface area (Å²) < 4.78 is 25.9. The summed E-state index contributed by atoms with van der Waals surface area (Å²) in [6.45, 7) is 10.2. The molecule has 0 aliphatic carbocycles. The molecule has 1 unspecified atom stereocenters. The van der Waals surface area contributed by atoms with E-state index in [0.717, 1.165) is 5.46 Å². The number of hydrogen-bond acceptors (Lipinski definition) is 3. The van der Waals surface area contributed by atoms with Crippen LogP contribution in [0.1, 0.15) is 51.4 Å². The van der Waals surface area contributed by atoms with E-state index in [4.69, 9.17) is 9.31 Å². The van der Waals surface area contributed by atoms with Gasteiger partial charge in [-0.1, -0.05) is 12.1 Å². The summed E-state index contributed by atoms with van der Waals surface area (Å²) in [5.74, 6) is -0.128. The number of carbonyl (C=O) groups excluding carboxylic acids is 1. The van der Waals surface area contributed by atoms with Crippen LogP contribution < -0.4 is 5.46 Å². The Balaban J connectivity index is 1.72. The molecule has 4 nitrogen and oxygen atoms in total. The maximum atomic E-state index is 13.9. The van der Waals surface area contributed by atoms with Crippen LogP contribution in [0.5, 0.6) is 0 Å². The molecule has 0 N–H and O–H groups in total. The first kappa shape index (κ1) is 17.4. The van der Waals surface area contributed by atoms with E-state index in [1.165, 1.54) is 0 Å². The van der Waals surface area contributed by atoms with Crippen molar-refractivity contribution < 1.29 is 18.5 Å². The second kappa shape index (κ2) is 5.56. The van der Waals surface area contributed by atoms with Gasteiger partial charge < -0.3 is 14.2 Å². The standard InChI is InChI=1S/C18H25BFNO3/c1-16(2)17(3,4)24-19(23-16)14-8-6-13(7-9-14)15(22)21-11-10-18(5,20)12-21/h6-9H,10-12H2,1-5H3. The zero-order valence-corrected chi connectivity index (χ0v) is 15.1. The monoisotopic (exact) mass is 333 g/mol. The van der Waals surface area contributed by atoms with Gasteiger partial charge in [0.25, 0.3) is 5.91 Å². The van der Waals surface area contributed by atoms with Crippen molar-refractivity contribution in [3.05, 3.63) is 29.8 Å². The molecule has 0 bridgehead atoms. The summed E-state index contributed by atoms with van der Waals surface area (Å²) in [4.78, 5) is 14.0. The van der Waals surface area contributed by atoms with Crippen LogP contribution in [0, 0.1) is 0 Å². The van der Waals surface area contributed by atoms with Gasteiger partial charge in [0.15, 0.2) is 0 Å². The van der Waals surface area contributed by atoms with Crippen molar-refractivity contribution in [3.8, 4) is 0 Å². The first-order valence-electron chi connectivity index (χ1n) is 8.45. The first-order chi connectivity index (χ1) is 11.0. The topological polar surface area (TPSA) is 38.8 Å². The Labute approximate surface area is 143 Å². The van der Waals surface area contributed by atoms with Crippen molar-refractivity contribution in [2.45, 2.75) is 57.9 Å². The van der Waals surface area contributed by atoms with Gasteiger partial charge >= 0.3 is 7.12 Å². The highest BCUT2D eigenvalue weighted by molar-refractivity contribution is 6.62. The van der Waals surface area contributed by atoms with Crippen molar-refractivity contribution in [2.24, 2.45) is 0 Å². The summed E-state index contributed by atoms with van der Waals surface area (Å²) in [5.41, 5.74) is -0.631. The number of amides is 1. The van der Waals surface area contributed by atoms with Gasteiger partial charge in [-0.05, 0) is 52.2 Å². The number of benzene rings is 1. The van der Waals surface area contributed by atoms with Gasteiger partial charge in [0.2, 0.25) is 0 Å². The van der Waals surface area contributed by atoms with Gasteiger partial charge in [-0.3, -0.25) is 4.79 Å². The number of hydrogen-bond donors (Lipinski definition) is 0. The lowest BCUT2D eigenvalue weighted by atomic mass is 9.79. The lowest BCUT2D eigenvalue weighted by Crippen LogP contribution is -2.41. The molecule has 0 saturated carbocycles. The molecule has 0 aromatic heterocycles. The average Bonchev–Trinajstić information content (AvgIpc) is 2.95. The average molecular weight is 333 g/mol. The lowest BCUT2D eigenvalue weighted by molar-refractivity contribution is 0.00578. The van der Waals surface area contributed by atoms with E-state index in [2.05, 4.69) is 0 Å². The fourth-order valence-electron chi connectivity index (χ4n) is 3.04. The number of halogens is 1. The molecule has 1 aromatic rings. The molecule has 1 atom stereocenters. The van der Waals surface area contributed by atoms with Gasteiger partial charge in [-0.2, -0.15) is 0 Å². The third kappa shape index (κ3) is 3.09.